The summed E-state index contributed by atoms with van der Waals surface area (Å²) in [5.41, 5.74) is 4.79. The molecule has 0 spiro atoms. The van der Waals surface area contributed by atoms with Crippen LogP contribution >= 0.6 is 0 Å². The van der Waals surface area contributed by atoms with E-state index in [0.29, 0.717) is 184 Å². The Morgan fingerprint density at radius 2 is 0.776 bits per heavy atom. The summed E-state index contributed by atoms with van der Waals surface area (Å²) < 4.78 is 77.3. The first kappa shape index (κ1) is 55.2. The standard InChI is InChI=1S/C48H70N2O17/c1-49(48(51)67-40-47-45-8-4-2-6-43(45)44-7-3-5-9-46(44)47)14-15-54-16-17-55-18-19-56-20-21-57-22-23-58-24-25-59-26-27-60-28-29-61-30-31-62-32-33-63-34-35-64-36-37-65-38-39-66-42-12-10-41(11-13-42)50(52)53/h2-13,47H,14-40H2,1H3. The zero-order chi connectivity index (χ0) is 47.3. The number of carbonyl (C=O) groups excluding carboxylic acids is 1. The van der Waals surface area contributed by atoms with E-state index in [1.54, 1.807) is 19.2 Å². The first-order valence-electron chi connectivity index (χ1n) is 22.9. The van der Waals surface area contributed by atoms with Crippen molar-refractivity contribution in [3.05, 3.63) is 94.0 Å². The summed E-state index contributed by atoms with van der Waals surface area (Å²) in [5, 5.41) is 10.7. The molecule has 0 heterocycles. The maximum absolute atomic E-state index is 12.6. The molecule has 67 heavy (non-hydrogen) atoms. The van der Waals surface area contributed by atoms with Gasteiger partial charge in [0, 0.05) is 31.6 Å². The Kier molecular flexibility index (Phi) is 30.2. The Morgan fingerprint density at radius 1 is 0.463 bits per heavy atom. The van der Waals surface area contributed by atoms with E-state index in [1.165, 1.54) is 39.3 Å². The SMILES string of the molecule is CN(CCOCCOCCOCCOCCOCCOCCOCCOCCOCCOCCOCCOCCOc1ccc([N+](=O)[O-])cc1)C(=O)OCC1c2ccccc2-c2ccccc21. The van der Waals surface area contributed by atoms with Crippen molar-refractivity contribution in [3.8, 4) is 16.9 Å². The molecule has 0 radical (unpaired) electrons. The smallest absolute Gasteiger partial charge is 0.409 e. The molecule has 0 saturated carbocycles. The molecule has 19 heteroatoms. The normalized spacial score (nSPS) is 12.0. The molecule has 3 aromatic rings. The van der Waals surface area contributed by atoms with Crippen LogP contribution in [0, 0.1) is 10.1 Å². The lowest BCUT2D eigenvalue weighted by Crippen LogP contribution is -2.32. The third kappa shape index (κ3) is 24.5. The van der Waals surface area contributed by atoms with Gasteiger partial charge < -0.3 is 71.2 Å². The minimum Gasteiger partial charge on any atom is -0.491 e. The second kappa shape index (κ2) is 36.7. The molecule has 0 atom stereocenters. The summed E-state index contributed by atoms with van der Waals surface area (Å²) in [4.78, 5) is 24.4. The first-order chi connectivity index (χ1) is 33.0. The maximum atomic E-state index is 12.6. The number of nitrogens with zero attached hydrogens (tertiary/aromatic N) is 2. The Morgan fingerprint density at radius 3 is 1.12 bits per heavy atom. The molecule has 4 rings (SSSR count). The van der Waals surface area contributed by atoms with Crippen molar-refractivity contribution in [2.24, 2.45) is 0 Å². The number of ether oxygens (including phenoxy) is 14. The van der Waals surface area contributed by atoms with Gasteiger partial charge in [-0.3, -0.25) is 10.1 Å². The lowest BCUT2D eigenvalue weighted by Gasteiger charge is -2.19. The van der Waals surface area contributed by atoms with Gasteiger partial charge in [-0.1, -0.05) is 48.5 Å². The van der Waals surface area contributed by atoms with Crippen LogP contribution in [0.25, 0.3) is 11.1 Å². The second-order valence-corrected chi connectivity index (χ2v) is 14.7. The molecule has 0 N–H and O–H groups in total. The number of fused-ring (bicyclic) bond motifs is 3. The van der Waals surface area contributed by atoms with Crippen LogP contribution in [0.15, 0.2) is 72.8 Å². The Balaban J connectivity index is 0.764. The number of nitro benzene ring substituents is 1. The fraction of sp³-hybridized carbons (Fsp3) is 0.604. The molecule has 19 nitrogen and oxygen atoms in total. The largest absolute Gasteiger partial charge is 0.491 e. The van der Waals surface area contributed by atoms with E-state index >= 15 is 0 Å². The quantitative estimate of drug-likeness (QED) is 0.0415. The van der Waals surface area contributed by atoms with Gasteiger partial charge in [0.2, 0.25) is 0 Å². The molecule has 3 aromatic carbocycles. The summed E-state index contributed by atoms with van der Waals surface area (Å²) in [7, 11) is 1.71. The van der Waals surface area contributed by atoms with Crippen LogP contribution in [0.4, 0.5) is 10.5 Å². The molecule has 0 aliphatic heterocycles. The average molecular weight is 947 g/mol. The topological polar surface area (TPSA) is 193 Å². The van der Waals surface area contributed by atoms with E-state index in [4.69, 9.17) is 66.3 Å². The van der Waals surface area contributed by atoms with E-state index in [1.807, 2.05) is 24.3 Å². The molecule has 0 bridgehead atoms. The number of rotatable bonds is 43. The maximum Gasteiger partial charge on any atom is 0.409 e. The molecule has 0 aromatic heterocycles. The van der Waals surface area contributed by atoms with Crippen LogP contribution in [-0.4, -0.2) is 201 Å². The van der Waals surface area contributed by atoms with Crippen molar-refractivity contribution in [2.75, 3.05) is 185 Å². The van der Waals surface area contributed by atoms with Gasteiger partial charge in [0.15, 0.2) is 0 Å². The Labute approximate surface area is 394 Å². The number of amides is 1. The van der Waals surface area contributed by atoms with E-state index in [-0.39, 0.29) is 17.7 Å². The number of likely N-dealkylation sites (N-methyl/N-ethyl adjacent to an activating group) is 1. The van der Waals surface area contributed by atoms with Crippen LogP contribution in [0.1, 0.15) is 17.0 Å². The van der Waals surface area contributed by atoms with E-state index in [2.05, 4.69) is 24.3 Å². The third-order valence-electron chi connectivity index (χ3n) is 9.85. The van der Waals surface area contributed by atoms with Gasteiger partial charge in [-0.2, -0.15) is 0 Å². The highest BCUT2D eigenvalue weighted by Crippen LogP contribution is 2.44. The fourth-order valence-corrected chi connectivity index (χ4v) is 6.40. The van der Waals surface area contributed by atoms with Crippen LogP contribution < -0.4 is 4.74 Å². The number of non-ortho nitro benzene ring substituents is 1. The molecule has 374 valence electrons. The summed E-state index contributed by atoms with van der Waals surface area (Å²) in [6.45, 7) is 12.0. The highest BCUT2D eigenvalue weighted by molar-refractivity contribution is 5.79. The molecule has 1 aliphatic rings. The van der Waals surface area contributed by atoms with Gasteiger partial charge in [0.05, 0.1) is 163 Å². The van der Waals surface area contributed by atoms with Crippen LogP contribution in [-0.2, 0) is 61.6 Å². The lowest BCUT2D eigenvalue weighted by atomic mass is 9.98. The predicted molar refractivity (Wildman–Crippen MR) is 246 cm³/mol. The summed E-state index contributed by atoms with van der Waals surface area (Å²) in [6, 6.07) is 22.5. The highest BCUT2D eigenvalue weighted by Gasteiger charge is 2.29. The zero-order valence-corrected chi connectivity index (χ0v) is 38.9. The monoisotopic (exact) mass is 946 g/mol. The van der Waals surface area contributed by atoms with Crippen LogP contribution in [0.3, 0.4) is 0 Å². The molecule has 0 saturated heterocycles. The Bertz CT molecular complexity index is 1680. The van der Waals surface area contributed by atoms with E-state index in [0.717, 1.165) is 0 Å². The van der Waals surface area contributed by atoms with Gasteiger partial charge in [0.1, 0.15) is 19.0 Å². The molecule has 0 fully saturated rings. The summed E-state index contributed by atoms with van der Waals surface area (Å²) in [6.07, 6.45) is -0.371. The molecular weight excluding hydrogens is 877 g/mol. The molecular formula is C48H70N2O17. The van der Waals surface area contributed by atoms with Crippen molar-refractivity contribution in [1.29, 1.82) is 0 Å². The number of benzene rings is 3. The minimum atomic E-state index is -0.454. The summed E-state index contributed by atoms with van der Waals surface area (Å²) in [5.74, 6) is 0.581. The van der Waals surface area contributed by atoms with Crippen LogP contribution in [0.5, 0.6) is 5.75 Å². The fourth-order valence-electron chi connectivity index (χ4n) is 6.40. The molecule has 0 unspecified atom stereocenters. The van der Waals surface area contributed by atoms with Gasteiger partial charge in [-0.05, 0) is 34.4 Å². The van der Waals surface area contributed by atoms with Crippen molar-refractivity contribution < 1.29 is 76.0 Å². The van der Waals surface area contributed by atoms with Crippen molar-refractivity contribution in [1.82, 2.24) is 4.90 Å². The average Bonchev–Trinajstić information content (AvgIpc) is 3.67. The highest BCUT2D eigenvalue weighted by atomic mass is 16.6. The van der Waals surface area contributed by atoms with Crippen molar-refractivity contribution in [3.63, 3.8) is 0 Å². The molecule has 1 amide bonds. The number of hydrogen-bond acceptors (Lipinski definition) is 17. The van der Waals surface area contributed by atoms with E-state index < -0.39 is 4.92 Å². The number of hydrogen-bond donors (Lipinski definition) is 0. The lowest BCUT2D eigenvalue weighted by molar-refractivity contribution is -0.384. The first-order valence-corrected chi connectivity index (χ1v) is 22.9. The van der Waals surface area contributed by atoms with Crippen molar-refractivity contribution >= 4 is 11.8 Å². The molecule has 1 aliphatic carbocycles. The second-order valence-electron chi connectivity index (χ2n) is 14.7. The van der Waals surface area contributed by atoms with Crippen molar-refractivity contribution in [2.45, 2.75) is 5.92 Å². The van der Waals surface area contributed by atoms with Gasteiger partial charge in [0.25, 0.3) is 5.69 Å². The van der Waals surface area contributed by atoms with Gasteiger partial charge in [-0.25, -0.2) is 4.79 Å². The Hall–Kier alpha value is -4.35. The summed E-state index contributed by atoms with van der Waals surface area (Å²) >= 11 is 0. The van der Waals surface area contributed by atoms with E-state index in [9.17, 15) is 14.9 Å². The van der Waals surface area contributed by atoms with Crippen LogP contribution in [0.2, 0.25) is 0 Å². The predicted octanol–water partition coefficient (Wildman–Crippen LogP) is 5.05. The third-order valence-corrected chi connectivity index (χ3v) is 9.85. The zero-order valence-electron chi connectivity index (χ0n) is 38.9. The number of carbonyl (C=O) groups is 1. The number of nitro groups is 1. The van der Waals surface area contributed by atoms with Gasteiger partial charge in [-0.15, -0.1) is 0 Å². The van der Waals surface area contributed by atoms with Gasteiger partial charge >= 0.3 is 6.09 Å². The minimum absolute atomic E-state index is 0.0208.